The van der Waals surface area contributed by atoms with Gasteiger partial charge in [-0.3, -0.25) is 24.7 Å². The second-order valence-electron chi connectivity index (χ2n) is 7.97. The van der Waals surface area contributed by atoms with Gasteiger partial charge in [-0.25, -0.2) is 10.4 Å². The molecule has 12 heteroatoms. The third-order valence-corrected chi connectivity index (χ3v) is 6.30. The molecule has 0 bridgehead atoms. The predicted octanol–water partition coefficient (Wildman–Crippen LogP) is 2.42. The van der Waals surface area contributed by atoms with Gasteiger partial charge in [-0.1, -0.05) is 12.1 Å². The van der Waals surface area contributed by atoms with Crippen molar-refractivity contribution < 1.29 is 9.59 Å². The average molecular weight is 532 g/mol. The van der Waals surface area contributed by atoms with E-state index in [1.54, 1.807) is 42.3 Å². The number of carbonyl (C=O) groups excluding carboxylic acids is 2. The van der Waals surface area contributed by atoms with Gasteiger partial charge < -0.3 is 10.2 Å². The Kier molecular flexibility index (Phi) is 10.6. The first-order valence-electron chi connectivity index (χ1n) is 11.7. The van der Waals surface area contributed by atoms with Gasteiger partial charge in [0.2, 0.25) is 0 Å². The Labute approximate surface area is 225 Å². The van der Waals surface area contributed by atoms with Crippen LogP contribution in [0.25, 0.3) is 5.70 Å². The molecule has 1 aliphatic heterocycles. The largest absolute Gasteiger partial charge is 0.336 e. The Morgan fingerprint density at radius 1 is 1.32 bits per heavy atom. The van der Waals surface area contributed by atoms with Crippen LogP contribution in [-0.2, 0) is 4.79 Å². The number of amides is 2. The number of fused-ring (bicyclic) bond motifs is 1. The van der Waals surface area contributed by atoms with Crippen LogP contribution in [0.5, 0.6) is 0 Å². The smallest absolute Gasteiger partial charge is 0.289 e. The number of hydrogen-bond donors (Lipinski definition) is 3. The Morgan fingerprint density at radius 2 is 2.11 bits per heavy atom. The molecule has 1 aromatic carbocycles. The van der Waals surface area contributed by atoms with Crippen LogP contribution in [0.2, 0.25) is 0 Å². The van der Waals surface area contributed by atoms with Gasteiger partial charge in [-0.2, -0.15) is 10.4 Å². The lowest BCUT2D eigenvalue weighted by Gasteiger charge is -2.23. The summed E-state index contributed by atoms with van der Waals surface area (Å²) in [6, 6.07) is 12.6. The van der Waals surface area contributed by atoms with Crippen LogP contribution >= 0.6 is 11.8 Å². The zero-order valence-corrected chi connectivity index (χ0v) is 22.0. The quantitative estimate of drug-likeness (QED) is 0.318. The summed E-state index contributed by atoms with van der Waals surface area (Å²) in [5.74, 6) is -0.0845. The van der Waals surface area contributed by atoms with Crippen molar-refractivity contribution >= 4 is 48.5 Å². The van der Waals surface area contributed by atoms with E-state index >= 15 is 0 Å². The van der Waals surface area contributed by atoms with E-state index in [9.17, 15) is 9.59 Å². The van der Waals surface area contributed by atoms with Crippen molar-refractivity contribution in [1.82, 2.24) is 20.3 Å². The van der Waals surface area contributed by atoms with E-state index in [0.717, 1.165) is 5.56 Å². The number of nitriles is 1. The molecular formula is C26H29N9O2S. The summed E-state index contributed by atoms with van der Waals surface area (Å²) in [4.78, 5) is 36.1. The molecule has 0 atom stereocenters. The Hall–Kier alpha value is -4.47. The van der Waals surface area contributed by atoms with E-state index in [0.29, 0.717) is 48.0 Å². The molecule has 0 radical (unpaired) electrons. The van der Waals surface area contributed by atoms with Crippen LogP contribution in [0.15, 0.2) is 74.4 Å². The molecule has 38 heavy (non-hydrogen) atoms. The molecule has 2 heterocycles. The molecule has 1 aromatic heterocycles. The van der Waals surface area contributed by atoms with E-state index in [1.165, 1.54) is 29.0 Å². The first-order chi connectivity index (χ1) is 18.5. The summed E-state index contributed by atoms with van der Waals surface area (Å²) in [5, 5.41) is 18.0. The molecule has 2 amide bonds. The first-order valence-corrected chi connectivity index (χ1v) is 12.8. The van der Waals surface area contributed by atoms with Gasteiger partial charge in [0.05, 0.1) is 34.8 Å². The van der Waals surface area contributed by atoms with Crippen LogP contribution in [0.1, 0.15) is 28.5 Å². The van der Waals surface area contributed by atoms with Crippen molar-refractivity contribution in [3.8, 4) is 6.07 Å². The van der Waals surface area contributed by atoms with E-state index in [-0.39, 0.29) is 11.5 Å². The maximum Gasteiger partial charge on any atom is 0.289 e. The van der Waals surface area contributed by atoms with Crippen LogP contribution in [0, 0.1) is 11.3 Å². The van der Waals surface area contributed by atoms with Crippen LogP contribution in [-0.4, -0.2) is 73.1 Å². The van der Waals surface area contributed by atoms with E-state index in [4.69, 9.17) is 5.26 Å². The molecule has 196 valence electrons. The normalized spacial score (nSPS) is 16.3. The van der Waals surface area contributed by atoms with Gasteiger partial charge in [0.15, 0.2) is 0 Å². The maximum atomic E-state index is 13.5. The number of nitrogens with one attached hydrogen (secondary N) is 3. The van der Waals surface area contributed by atoms with Crippen molar-refractivity contribution in [3.05, 3.63) is 76.1 Å². The number of benzene rings is 1. The zero-order chi connectivity index (χ0) is 27.3. The van der Waals surface area contributed by atoms with E-state index in [1.807, 2.05) is 24.6 Å². The Bertz CT molecular complexity index is 1320. The van der Waals surface area contributed by atoms with Gasteiger partial charge in [0.1, 0.15) is 12.0 Å². The number of hydrazone groups is 1. The first kappa shape index (κ1) is 28.1. The van der Waals surface area contributed by atoms with Crippen LogP contribution < -0.4 is 16.2 Å². The summed E-state index contributed by atoms with van der Waals surface area (Å²) in [6.07, 6.45) is 4.42. The molecule has 0 saturated heterocycles. The second-order valence-corrected chi connectivity index (χ2v) is 8.94. The molecule has 3 N–H and O–H groups in total. The molecule has 0 unspecified atom stereocenters. The van der Waals surface area contributed by atoms with Gasteiger partial charge >= 0.3 is 0 Å². The van der Waals surface area contributed by atoms with Gasteiger partial charge in [0.25, 0.3) is 11.8 Å². The highest BCUT2D eigenvalue weighted by atomic mass is 32.2. The van der Waals surface area contributed by atoms with Crippen molar-refractivity contribution in [2.24, 2.45) is 15.1 Å². The van der Waals surface area contributed by atoms with Gasteiger partial charge in [-0.15, -0.1) is 11.8 Å². The zero-order valence-electron chi connectivity index (χ0n) is 21.2. The minimum Gasteiger partial charge on any atom is -0.336 e. The highest BCUT2D eigenvalue weighted by molar-refractivity contribution is 8.02. The second kappa shape index (κ2) is 14.3. The van der Waals surface area contributed by atoms with Crippen LogP contribution in [0.3, 0.4) is 0 Å². The van der Waals surface area contributed by atoms with Crippen LogP contribution in [0.4, 0.5) is 0 Å². The number of nitrogens with zero attached hydrogens (tertiary/aromatic N) is 6. The average Bonchev–Trinajstić information content (AvgIpc) is 3.40. The minimum atomic E-state index is -0.428. The summed E-state index contributed by atoms with van der Waals surface area (Å²) in [7, 11) is 1.82. The molecule has 0 saturated carbocycles. The maximum absolute atomic E-state index is 13.5. The SMILES string of the molecule is C=N/C(=C\SCCN(CCNC)C(=O)C1=C(\C)N=CNn2cccc2C(=O)N/N=C\1)c1ccc(C#N)cc1. The molecular weight excluding hydrogens is 502 g/mol. The fourth-order valence-corrected chi connectivity index (χ4v) is 4.21. The highest BCUT2D eigenvalue weighted by Crippen LogP contribution is 2.20. The molecule has 0 fully saturated rings. The van der Waals surface area contributed by atoms with Crippen molar-refractivity contribution in [2.45, 2.75) is 6.92 Å². The Balaban J connectivity index is 1.73. The fraction of sp³-hybridized carbons (Fsp3) is 0.231. The number of hydrogen-bond acceptors (Lipinski definition) is 9. The van der Waals surface area contributed by atoms with Crippen molar-refractivity contribution in [3.63, 3.8) is 0 Å². The number of carbonyl (C=O) groups is 2. The van der Waals surface area contributed by atoms with E-state index in [2.05, 4.69) is 44.0 Å². The number of rotatable bonds is 10. The molecule has 11 nitrogen and oxygen atoms in total. The lowest BCUT2D eigenvalue weighted by Crippen LogP contribution is -2.39. The number of aliphatic imine (C=N–C) groups is 2. The summed E-state index contributed by atoms with van der Waals surface area (Å²) < 4.78 is 1.50. The molecule has 0 spiro atoms. The van der Waals surface area contributed by atoms with Crippen molar-refractivity contribution in [1.29, 1.82) is 5.26 Å². The lowest BCUT2D eigenvalue weighted by atomic mass is 10.1. The monoisotopic (exact) mass is 531 g/mol. The molecule has 1 aliphatic rings. The predicted molar refractivity (Wildman–Crippen MR) is 153 cm³/mol. The topological polar surface area (TPSA) is 139 Å². The molecule has 2 aromatic rings. The third-order valence-electron chi connectivity index (χ3n) is 5.49. The minimum absolute atomic E-state index is 0.259. The standard InChI is InChI=1S/C26H29N9O2S/c1-19-22(16-31-33-25(36)24-5-4-11-35(24)32-18-30-19)26(37)34(12-10-28-2)13-14-38-17-23(29-3)21-8-6-20(15-27)7-9-21/h4-9,11,16-18,28H,3,10,12-14H2,1-2H3,(H,30,32)(H,33,36)/b22-19+,23-17-,31-16-. The number of likely N-dealkylation sites (N-methyl/N-ethyl adjacent to an activating group) is 1. The van der Waals surface area contributed by atoms with Gasteiger partial charge in [0, 0.05) is 37.1 Å². The Morgan fingerprint density at radius 3 is 2.82 bits per heavy atom. The third kappa shape index (κ3) is 7.52. The molecule has 0 aliphatic carbocycles. The van der Waals surface area contributed by atoms with Crippen molar-refractivity contribution in [2.75, 3.05) is 37.9 Å². The van der Waals surface area contributed by atoms with Gasteiger partial charge in [-0.05, 0) is 50.4 Å². The summed E-state index contributed by atoms with van der Waals surface area (Å²) >= 11 is 1.50. The number of thioether (sulfide) groups is 1. The lowest BCUT2D eigenvalue weighted by molar-refractivity contribution is -0.126. The highest BCUT2D eigenvalue weighted by Gasteiger charge is 2.20. The fourth-order valence-electron chi connectivity index (χ4n) is 3.40. The van der Waals surface area contributed by atoms with E-state index < -0.39 is 5.91 Å². The number of aromatic nitrogens is 1. The number of allylic oxidation sites excluding steroid dienone is 1. The molecule has 3 rings (SSSR count). The summed E-state index contributed by atoms with van der Waals surface area (Å²) in [5.41, 5.74) is 8.51. The summed E-state index contributed by atoms with van der Waals surface area (Å²) in [6.45, 7) is 6.86.